The number of aromatic nitrogens is 2. The maximum atomic E-state index is 12.8. The molecule has 0 aliphatic carbocycles. The van der Waals surface area contributed by atoms with E-state index in [4.69, 9.17) is 4.42 Å². The first-order valence-electron chi connectivity index (χ1n) is 9.86. The Labute approximate surface area is 175 Å². The van der Waals surface area contributed by atoms with Crippen LogP contribution in [0, 0.1) is 6.92 Å². The number of nitrogens with zero attached hydrogens (tertiary/aromatic N) is 3. The third kappa shape index (κ3) is 3.90. The third-order valence-electron chi connectivity index (χ3n) is 5.32. The molecule has 0 radical (unpaired) electrons. The molecule has 1 aromatic carbocycles. The number of amides is 1. The molecule has 1 N–H and O–H groups in total. The van der Waals surface area contributed by atoms with E-state index < -0.39 is 15.9 Å². The molecule has 0 bridgehead atoms. The maximum Gasteiger partial charge on any atom is 0.287 e. The fourth-order valence-electron chi connectivity index (χ4n) is 3.60. The summed E-state index contributed by atoms with van der Waals surface area (Å²) in [5, 5.41) is 2.87. The summed E-state index contributed by atoms with van der Waals surface area (Å²) in [4.78, 5) is 16.8. The number of hydrogen-bond donors (Lipinski definition) is 1. The van der Waals surface area contributed by atoms with E-state index in [0.717, 1.165) is 24.1 Å². The van der Waals surface area contributed by atoms with Crippen LogP contribution in [0.15, 0.2) is 58.4 Å². The van der Waals surface area contributed by atoms with E-state index in [2.05, 4.69) is 10.3 Å². The molecule has 1 aliphatic heterocycles. The van der Waals surface area contributed by atoms with Crippen molar-refractivity contribution in [1.82, 2.24) is 19.2 Å². The zero-order valence-corrected chi connectivity index (χ0v) is 17.7. The molecule has 0 saturated carbocycles. The minimum Gasteiger partial charge on any atom is -0.455 e. The summed E-state index contributed by atoms with van der Waals surface area (Å²) in [7, 11) is -3.64. The summed E-state index contributed by atoms with van der Waals surface area (Å²) >= 11 is 0. The molecule has 8 nitrogen and oxygen atoms in total. The zero-order valence-electron chi connectivity index (χ0n) is 16.9. The number of hydrogen-bond acceptors (Lipinski definition) is 5. The molecule has 1 saturated heterocycles. The molecule has 0 spiro atoms. The average molecular weight is 429 g/mol. The van der Waals surface area contributed by atoms with E-state index >= 15 is 0 Å². The van der Waals surface area contributed by atoms with Gasteiger partial charge in [-0.05, 0) is 44.4 Å². The lowest BCUT2D eigenvalue weighted by molar-refractivity contribution is 0.0910. The molecule has 3 heterocycles. The lowest BCUT2D eigenvalue weighted by Crippen LogP contribution is -2.28. The van der Waals surface area contributed by atoms with E-state index in [9.17, 15) is 13.2 Å². The van der Waals surface area contributed by atoms with E-state index in [1.54, 1.807) is 19.4 Å². The van der Waals surface area contributed by atoms with Crippen molar-refractivity contribution in [2.45, 2.75) is 37.6 Å². The predicted octanol–water partition coefficient (Wildman–Crippen LogP) is 3.05. The van der Waals surface area contributed by atoms with Crippen LogP contribution < -0.4 is 5.32 Å². The lowest BCUT2D eigenvalue weighted by atomic mass is 10.1. The molecule has 2 aromatic heterocycles. The highest BCUT2D eigenvalue weighted by molar-refractivity contribution is 7.89. The van der Waals surface area contributed by atoms with Gasteiger partial charge in [0.05, 0.1) is 12.4 Å². The van der Waals surface area contributed by atoms with Gasteiger partial charge in [0.25, 0.3) is 5.91 Å². The summed E-state index contributed by atoms with van der Waals surface area (Å²) < 4.78 is 34.4. The van der Waals surface area contributed by atoms with E-state index in [-0.39, 0.29) is 22.5 Å². The minimum atomic E-state index is -3.64. The molecule has 1 fully saturated rings. The minimum absolute atomic E-state index is 0.00726. The number of carbonyl (C=O) groups is 1. The largest absolute Gasteiger partial charge is 0.455 e. The van der Waals surface area contributed by atoms with Crippen LogP contribution in [0.25, 0.3) is 5.69 Å². The molecule has 1 atom stereocenters. The Kier molecular flexibility index (Phi) is 5.48. The van der Waals surface area contributed by atoms with Gasteiger partial charge in [-0.25, -0.2) is 13.4 Å². The van der Waals surface area contributed by atoms with Gasteiger partial charge in [-0.1, -0.05) is 12.1 Å². The Balaban J connectivity index is 1.47. The maximum absolute atomic E-state index is 12.8. The van der Waals surface area contributed by atoms with Crippen LogP contribution in [-0.4, -0.2) is 41.3 Å². The van der Waals surface area contributed by atoms with Crippen molar-refractivity contribution in [3.05, 3.63) is 66.1 Å². The van der Waals surface area contributed by atoms with E-state index in [0.29, 0.717) is 13.1 Å². The van der Waals surface area contributed by atoms with Gasteiger partial charge in [0.15, 0.2) is 5.76 Å². The number of sulfonamides is 1. The summed E-state index contributed by atoms with van der Waals surface area (Å²) in [5.41, 5.74) is 1.88. The van der Waals surface area contributed by atoms with Crippen LogP contribution in [0.2, 0.25) is 0 Å². The van der Waals surface area contributed by atoms with E-state index in [1.165, 1.54) is 10.4 Å². The highest BCUT2D eigenvalue weighted by Gasteiger charge is 2.31. The van der Waals surface area contributed by atoms with Crippen molar-refractivity contribution in [3.63, 3.8) is 0 Å². The van der Waals surface area contributed by atoms with Gasteiger partial charge in [-0.3, -0.25) is 4.79 Å². The zero-order chi connectivity index (χ0) is 21.3. The van der Waals surface area contributed by atoms with Gasteiger partial charge in [-0.2, -0.15) is 4.31 Å². The normalized spacial score (nSPS) is 15.9. The Morgan fingerprint density at radius 1 is 1.20 bits per heavy atom. The van der Waals surface area contributed by atoms with Crippen molar-refractivity contribution in [2.24, 2.45) is 0 Å². The molecule has 158 valence electrons. The van der Waals surface area contributed by atoms with Gasteiger partial charge in [0, 0.05) is 37.2 Å². The first-order chi connectivity index (χ1) is 14.4. The van der Waals surface area contributed by atoms with E-state index in [1.807, 2.05) is 42.0 Å². The first-order valence-corrected chi connectivity index (χ1v) is 11.3. The van der Waals surface area contributed by atoms with Crippen LogP contribution in [0.5, 0.6) is 0 Å². The molecule has 4 rings (SSSR count). The van der Waals surface area contributed by atoms with Crippen molar-refractivity contribution in [3.8, 4) is 5.69 Å². The smallest absolute Gasteiger partial charge is 0.287 e. The number of rotatable bonds is 6. The number of furan rings is 1. The number of carbonyl (C=O) groups excluding carboxylic acids is 1. The average Bonchev–Trinajstić information content (AvgIpc) is 3.49. The van der Waals surface area contributed by atoms with Gasteiger partial charge >= 0.3 is 0 Å². The van der Waals surface area contributed by atoms with Crippen LogP contribution in [0.4, 0.5) is 0 Å². The van der Waals surface area contributed by atoms with Crippen LogP contribution >= 0.6 is 0 Å². The molecule has 30 heavy (non-hydrogen) atoms. The molecule has 0 unspecified atom stereocenters. The first kappa shape index (κ1) is 20.4. The van der Waals surface area contributed by atoms with Crippen LogP contribution in [0.1, 0.15) is 47.7 Å². The second-order valence-electron chi connectivity index (χ2n) is 7.40. The second kappa shape index (κ2) is 8.08. The highest BCUT2D eigenvalue weighted by Crippen LogP contribution is 2.27. The van der Waals surface area contributed by atoms with Crippen molar-refractivity contribution in [1.29, 1.82) is 0 Å². The monoisotopic (exact) mass is 428 g/mol. The summed E-state index contributed by atoms with van der Waals surface area (Å²) in [6.07, 6.45) is 6.97. The fraction of sp³-hybridized carbons (Fsp3) is 0.333. The van der Waals surface area contributed by atoms with Gasteiger partial charge in [-0.15, -0.1) is 0 Å². The number of aryl methyl sites for hydroxylation is 1. The van der Waals surface area contributed by atoms with Crippen molar-refractivity contribution < 1.29 is 17.6 Å². The summed E-state index contributed by atoms with van der Waals surface area (Å²) in [6, 6.07) is 8.79. The fourth-order valence-corrected chi connectivity index (χ4v) is 5.28. The van der Waals surface area contributed by atoms with Crippen LogP contribution in [0.3, 0.4) is 0 Å². The van der Waals surface area contributed by atoms with Gasteiger partial charge in [0.2, 0.25) is 10.0 Å². The molecule has 3 aromatic rings. The van der Waals surface area contributed by atoms with Gasteiger partial charge < -0.3 is 14.3 Å². The SMILES string of the molecule is Cc1oc(C(=O)N[C@@H](C)c2ccc(-n3ccnc3)cc2)cc1S(=O)(=O)N1CCCC1. The predicted molar refractivity (Wildman–Crippen MR) is 111 cm³/mol. The number of benzene rings is 1. The topological polar surface area (TPSA) is 97.4 Å². The Bertz CT molecular complexity index is 1130. The number of imidazole rings is 1. The van der Waals surface area contributed by atoms with Crippen molar-refractivity contribution in [2.75, 3.05) is 13.1 Å². The molecular weight excluding hydrogens is 404 g/mol. The molecule has 1 amide bonds. The quantitative estimate of drug-likeness (QED) is 0.651. The molecular formula is C21H24N4O4S. The third-order valence-corrected chi connectivity index (χ3v) is 7.33. The van der Waals surface area contributed by atoms with Crippen LogP contribution in [-0.2, 0) is 10.0 Å². The Morgan fingerprint density at radius 2 is 1.90 bits per heavy atom. The standard InChI is InChI=1S/C21H24N4O4S/c1-15(17-5-7-18(8-6-17)24-12-9-22-14-24)23-21(26)19-13-20(16(2)29-19)30(27,28)25-10-3-4-11-25/h5-9,12-15H,3-4,10-11H2,1-2H3,(H,23,26)/t15-/m0/s1. The summed E-state index contributed by atoms with van der Waals surface area (Å²) in [5.74, 6) is -0.233. The Hall–Kier alpha value is -2.91. The molecule has 1 aliphatic rings. The molecule has 9 heteroatoms. The Morgan fingerprint density at radius 3 is 2.53 bits per heavy atom. The van der Waals surface area contributed by atoms with Crippen molar-refractivity contribution >= 4 is 15.9 Å². The lowest BCUT2D eigenvalue weighted by Gasteiger charge is -2.14. The summed E-state index contributed by atoms with van der Waals surface area (Å²) in [6.45, 7) is 4.43. The second-order valence-corrected chi connectivity index (χ2v) is 9.31. The number of nitrogens with one attached hydrogen (secondary N) is 1. The van der Waals surface area contributed by atoms with Gasteiger partial charge in [0.1, 0.15) is 10.7 Å². The highest BCUT2D eigenvalue weighted by atomic mass is 32.2.